The van der Waals surface area contributed by atoms with E-state index in [0.717, 1.165) is 36.5 Å². The van der Waals surface area contributed by atoms with Gasteiger partial charge >= 0.3 is 0 Å². The summed E-state index contributed by atoms with van der Waals surface area (Å²) in [6, 6.07) is 1.84. The molecule has 1 saturated carbocycles. The second kappa shape index (κ2) is 5.52. The van der Waals surface area contributed by atoms with Crippen LogP contribution in [-0.2, 0) is 6.42 Å². The Kier molecular flexibility index (Phi) is 4.03. The van der Waals surface area contributed by atoms with Crippen molar-refractivity contribution in [1.82, 2.24) is 0 Å². The van der Waals surface area contributed by atoms with E-state index in [1.54, 1.807) is 6.26 Å². The monoisotopic (exact) mass is 234 g/mol. The number of furan rings is 1. The molecule has 0 radical (unpaired) electrons. The van der Waals surface area contributed by atoms with Gasteiger partial charge in [0.2, 0.25) is 0 Å². The van der Waals surface area contributed by atoms with Gasteiger partial charge in [-0.3, -0.25) is 4.79 Å². The van der Waals surface area contributed by atoms with Crippen LogP contribution < -0.4 is 0 Å². The molecule has 0 saturated heterocycles. The van der Waals surface area contributed by atoms with E-state index in [4.69, 9.17) is 4.42 Å². The Hall–Kier alpha value is -1.05. The van der Waals surface area contributed by atoms with E-state index in [2.05, 4.69) is 6.92 Å². The summed E-state index contributed by atoms with van der Waals surface area (Å²) in [6.07, 6.45) is 8.25. The maximum Gasteiger partial charge on any atom is 0.169 e. The van der Waals surface area contributed by atoms with Gasteiger partial charge in [0.05, 0.1) is 11.8 Å². The van der Waals surface area contributed by atoms with Gasteiger partial charge < -0.3 is 4.42 Å². The molecule has 0 aliphatic heterocycles. The fourth-order valence-electron chi connectivity index (χ4n) is 2.89. The first-order valence-corrected chi connectivity index (χ1v) is 6.86. The molecule has 1 aliphatic carbocycles. The SMILES string of the molecule is CCc1occc1C(=O)C1CCC(CC)CC1. The smallest absolute Gasteiger partial charge is 0.169 e. The van der Waals surface area contributed by atoms with Gasteiger partial charge in [0.1, 0.15) is 5.76 Å². The summed E-state index contributed by atoms with van der Waals surface area (Å²) < 4.78 is 5.35. The topological polar surface area (TPSA) is 30.2 Å². The lowest BCUT2D eigenvalue weighted by Crippen LogP contribution is -2.22. The van der Waals surface area contributed by atoms with Crippen molar-refractivity contribution in [3.05, 3.63) is 23.7 Å². The summed E-state index contributed by atoms with van der Waals surface area (Å²) in [6.45, 7) is 4.28. The summed E-state index contributed by atoms with van der Waals surface area (Å²) in [5.41, 5.74) is 0.826. The predicted octanol–water partition coefficient (Wildman–Crippen LogP) is 4.24. The fourth-order valence-corrected chi connectivity index (χ4v) is 2.89. The highest BCUT2D eigenvalue weighted by atomic mass is 16.3. The number of hydrogen-bond acceptors (Lipinski definition) is 2. The average molecular weight is 234 g/mol. The number of Topliss-reactive ketones (excluding diaryl/α,β-unsaturated/α-hetero) is 1. The van der Waals surface area contributed by atoms with Crippen LogP contribution >= 0.6 is 0 Å². The first-order valence-electron chi connectivity index (χ1n) is 6.86. The molecule has 17 heavy (non-hydrogen) atoms. The number of hydrogen-bond donors (Lipinski definition) is 0. The molecule has 0 bridgehead atoms. The number of carbonyl (C=O) groups excluding carboxylic acids is 1. The highest BCUT2D eigenvalue weighted by Crippen LogP contribution is 2.33. The van der Waals surface area contributed by atoms with Crippen LogP contribution in [0.5, 0.6) is 0 Å². The molecule has 1 aromatic heterocycles. The molecule has 1 aliphatic rings. The molecular formula is C15H22O2. The van der Waals surface area contributed by atoms with Crippen molar-refractivity contribution in [3.8, 4) is 0 Å². The maximum atomic E-state index is 12.4. The Balaban J connectivity index is 2.02. The summed E-state index contributed by atoms with van der Waals surface area (Å²) >= 11 is 0. The molecule has 2 rings (SSSR count). The van der Waals surface area contributed by atoms with E-state index in [-0.39, 0.29) is 5.92 Å². The number of rotatable bonds is 4. The molecule has 0 atom stereocenters. The Labute approximate surface area is 103 Å². The third kappa shape index (κ3) is 2.62. The highest BCUT2D eigenvalue weighted by molar-refractivity contribution is 5.98. The molecule has 0 spiro atoms. The van der Waals surface area contributed by atoms with Gasteiger partial charge in [0, 0.05) is 12.3 Å². The lowest BCUT2D eigenvalue weighted by atomic mass is 9.78. The molecular weight excluding hydrogens is 212 g/mol. The third-order valence-corrected chi connectivity index (χ3v) is 4.13. The van der Waals surface area contributed by atoms with E-state index in [9.17, 15) is 4.79 Å². The first kappa shape index (κ1) is 12.4. The van der Waals surface area contributed by atoms with Crippen molar-refractivity contribution in [2.75, 3.05) is 0 Å². The van der Waals surface area contributed by atoms with Crippen LogP contribution in [0.25, 0.3) is 0 Å². The summed E-state index contributed by atoms with van der Waals surface area (Å²) in [5, 5.41) is 0. The fraction of sp³-hybridized carbons (Fsp3) is 0.667. The van der Waals surface area contributed by atoms with Crippen molar-refractivity contribution in [1.29, 1.82) is 0 Å². The minimum atomic E-state index is 0.237. The molecule has 0 amide bonds. The zero-order chi connectivity index (χ0) is 12.3. The van der Waals surface area contributed by atoms with Gasteiger partial charge in [-0.2, -0.15) is 0 Å². The molecule has 1 heterocycles. The molecule has 0 N–H and O–H groups in total. The molecule has 1 aromatic rings. The van der Waals surface area contributed by atoms with Crippen LogP contribution in [0.15, 0.2) is 16.7 Å². The van der Waals surface area contributed by atoms with Crippen LogP contribution in [0.3, 0.4) is 0 Å². The van der Waals surface area contributed by atoms with Crippen molar-refractivity contribution < 1.29 is 9.21 Å². The lowest BCUT2D eigenvalue weighted by molar-refractivity contribution is 0.0869. The van der Waals surface area contributed by atoms with Gasteiger partial charge in [-0.25, -0.2) is 0 Å². The van der Waals surface area contributed by atoms with Crippen molar-refractivity contribution in [2.24, 2.45) is 11.8 Å². The van der Waals surface area contributed by atoms with Crippen molar-refractivity contribution >= 4 is 5.78 Å². The van der Waals surface area contributed by atoms with Crippen LogP contribution in [0.2, 0.25) is 0 Å². The largest absolute Gasteiger partial charge is 0.469 e. The first-order chi connectivity index (χ1) is 8.26. The summed E-state index contributed by atoms with van der Waals surface area (Å²) in [5.74, 6) is 2.24. The highest BCUT2D eigenvalue weighted by Gasteiger charge is 2.28. The number of ketones is 1. The van der Waals surface area contributed by atoms with Crippen LogP contribution in [0.1, 0.15) is 62.1 Å². The molecule has 0 unspecified atom stereocenters. The molecule has 0 aromatic carbocycles. The molecule has 2 nitrogen and oxygen atoms in total. The van der Waals surface area contributed by atoms with E-state index < -0.39 is 0 Å². The second-order valence-corrected chi connectivity index (χ2v) is 5.10. The van der Waals surface area contributed by atoms with E-state index in [1.165, 1.54) is 19.3 Å². The zero-order valence-electron chi connectivity index (χ0n) is 10.9. The number of carbonyl (C=O) groups is 1. The van der Waals surface area contributed by atoms with E-state index in [1.807, 2.05) is 13.0 Å². The Bertz CT molecular complexity index is 370. The zero-order valence-corrected chi connectivity index (χ0v) is 10.9. The second-order valence-electron chi connectivity index (χ2n) is 5.10. The van der Waals surface area contributed by atoms with E-state index in [0.29, 0.717) is 5.78 Å². The van der Waals surface area contributed by atoms with Gasteiger partial charge in [0.25, 0.3) is 0 Å². The van der Waals surface area contributed by atoms with Gasteiger partial charge in [-0.1, -0.05) is 20.3 Å². The minimum absolute atomic E-state index is 0.237. The van der Waals surface area contributed by atoms with Crippen LogP contribution in [-0.4, -0.2) is 5.78 Å². The lowest BCUT2D eigenvalue weighted by Gasteiger charge is -2.26. The van der Waals surface area contributed by atoms with Crippen LogP contribution in [0, 0.1) is 11.8 Å². The molecule has 2 heteroatoms. The Morgan fingerprint density at radius 1 is 1.29 bits per heavy atom. The van der Waals surface area contributed by atoms with Crippen molar-refractivity contribution in [2.45, 2.75) is 52.4 Å². The number of aryl methyl sites for hydroxylation is 1. The Morgan fingerprint density at radius 3 is 2.59 bits per heavy atom. The van der Waals surface area contributed by atoms with Gasteiger partial charge in [-0.15, -0.1) is 0 Å². The maximum absolute atomic E-state index is 12.4. The van der Waals surface area contributed by atoms with Gasteiger partial charge in [0.15, 0.2) is 5.78 Å². The van der Waals surface area contributed by atoms with Crippen LogP contribution in [0.4, 0.5) is 0 Å². The average Bonchev–Trinajstić information content (AvgIpc) is 2.86. The summed E-state index contributed by atoms with van der Waals surface area (Å²) in [7, 11) is 0. The normalized spacial score (nSPS) is 24.8. The molecule has 1 fully saturated rings. The van der Waals surface area contributed by atoms with Crippen molar-refractivity contribution in [3.63, 3.8) is 0 Å². The summed E-state index contributed by atoms with van der Waals surface area (Å²) in [4.78, 5) is 12.4. The minimum Gasteiger partial charge on any atom is -0.469 e. The quantitative estimate of drug-likeness (QED) is 0.729. The van der Waals surface area contributed by atoms with E-state index >= 15 is 0 Å². The molecule has 94 valence electrons. The standard InChI is InChI=1S/C15H22O2/c1-3-11-5-7-12(8-6-11)15(16)13-9-10-17-14(13)4-2/h9-12H,3-8H2,1-2H3. The Morgan fingerprint density at radius 2 is 2.00 bits per heavy atom. The van der Waals surface area contributed by atoms with Gasteiger partial charge in [-0.05, 0) is 37.7 Å². The third-order valence-electron chi connectivity index (χ3n) is 4.13. The predicted molar refractivity (Wildman–Crippen MR) is 68.2 cm³/mol.